The lowest BCUT2D eigenvalue weighted by Gasteiger charge is -2.44. The van der Waals surface area contributed by atoms with Gasteiger partial charge in [0, 0.05) is 11.3 Å². The Hall–Kier alpha value is -0.910. The lowest BCUT2D eigenvalue weighted by molar-refractivity contribution is -0.133. The molecule has 0 aromatic carbocycles. The molecule has 2 unspecified atom stereocenters. The summed E-state index contributed by atoms with van der Waals surface area (Å²) in [6.07, 6.45) is 4.58. The van der Waals surface area contributed by atoms with Crippen LogP contribution in [0.4, 0.5) is 0 Å². The van der Waals surface area contributed by atoms with Crippen molar-refractivity contribution in [2.75, 3.05) is 5.75 Å². The van der Waals surface area contributed by atoms with Crippen LogP contribution in [0.25, 0.3) is 0 Å². The second kappa shape index (κ2) is 6.24. The molecule has 0 saturated heterocycles. The number of nitrogens with one attached hydrogen (secondary N) is 1. The molecule has 2 aliphatic carbocycles. The SMILES string of the molecule is CCSC1CCC(NC(=O)C2(C(N)=NO)CC(C)C2)C1. The number of hydrogen-bond acceptors (Lipinski definition) is 4. The van der Waals surface area contributed by atoms with Crippen molar-refractivity contribution in [2.24, 2.45) is 22.2 Å². The molecule has 2 aliphatic rings. The van der Waals surface area contributed by atoms with E-state index in [2.05, 4.69) is 24.3 Å². The van der Waals surface area contributed by atoms with Crippen LogP contribution in [0, 0.1) is 11.3 Å². The third-order valence-corrected chi connectivity index (χ3v) is 5.78. The highest BCUT2D eigenvalue weighted by Crippen LogP contribution is 2.46. The van der Waals surface area contributed by atoms with Gasteiger partial charge in [-0.3, -0.25) is 4.79 Å². The third-order valence-electron chi connectivity index (χ3n) is 4.55. The molecule has 6 heteroatoms. The standard InChI is InChI=1S/C14H25N3O2S/c1-3-20-11-5-4-10(6-11)16-13(18)14(12(15)17-19)7-9(2)8-14/h9-11,19H,3-8H2,1-2H3,(H2,15,17)(H,16,18). The topological polar surface area (TPSA) is 87.7 Å². The maximum absolute atomic E-state index is 12.5. The molecule has 0 aromatic rings. The molecule has 114 valence electrons. The minimum Gasteiger partial charge on any atom is -0.409 e. The van der Waals surface area contributed by atoms with Crippen molar-refractivity contribution in [1.29, 1.82) is 0 Å². The van der Waals surface area contributed by atoms with Crippen LogP contribution < -0.4 is 11.1 Å². The van der Waals surface area contributed by atoms with E-state index in [1.54, 1.807) is 0 Å². The number of amides is 1. The molecule has 0 aliphatic heterocycles. The summed E-state index contributed by atoms with van der Waals surface area (Å²) in [5, 5.41) is 15.8. The van der Waals surface area contributed by atoms with E-state index < -0.39 is 5.41 Å². The van der Waals surface area contributed by atoms with Crippen molar-refractivity contribution in [3.05, 3.63) is 0 Å². The van der Waals surface area contributed by atoms with Crippen LogP contribution in [0.3, 0.4) is 0 Å². The van der Waals surface area contributed by atoms with Crippen LogP contribution in [0.2, 0.25) is 0 Å². The molecule has 2 fully saturated rings. The van der Waals surface area contributed by atoms with E-state index >= 15 is 0 Å². The van der Waals surface area contributed by atoms with E-state index in [1.165, 1.54) is 0 Å². The van der Waals surface area contributed by atoms with Gasteiger partial charge in [0.05, 0.1) is 0 Å². The van der Waals surface area contributed by atoms with Gasteiger partial charge in [-0.15, -0.1) is 0 Å². The van der Waals surface area contributed by atoms with Gasteiger partial charge < -0.3 is 16.3 Å². The number of hydrogen-bond donors (Lipinski definition) is 3. The normalized spacial score (nSPS) is 37.5. The summed E-state index contributed by atoms with van der Waals surface area (Å²) in [4.78, 5) is 12.5. The summed E-state index contributed by atoms with van der Waals surface area (Å²) in [5.41, 5.74) is 4.99. The van der Waals surface area contributed by atoms with E-state index in [0.29, 0.717) is 24.0 Å². The molecule has 2 rings (SSSR count). The number of nitrogens with two attached hydrogens (primary N) is 1. The van der Waals surface area contributed by atoms with Gasteiger partial charge in [-0.1, -0.05) is 19.0 Å². The Morgan fingerprint density at radius 1 is 1.50 bits per heavy atom. The molecule has 0 aromatic heterocycles. The molecule has 0 radical (unpaired) electrons. The Kier molecular flexibility index (Phi) is 4.83. The zero-order valence-electron chi connectivity index (χ0n) is 12.3. The summed E-state index contributed by atoms with van der Waals surface area (Å²) in [6, 6.07) is 0.242. The fraction of sp³-hybridized carbons (Fsp3) is 0.857. The van der Waals surface area contributed by atoms with Gasteiger partial charge in [0.1, 0.15) is 5.41 Å². The zero-order valence-corrected chi connectivity index (χ0v) is 13.1. The summed E-state index contributed by atoms with van der Waals surface area (Å²) in [7, 11) is 0. The highest BCUT2D eigenvalue weighted by atomic mass is 32.2. The first-order chi connectivity index (χ1) is 9.51. The van der Waals surface area contributed by atoms with Gasteiger partial charge in [0.25, 0.3) is 0 Å². The first-order valence-electron chi connectivity index (χ1n) is 7.42. The Morgan fingerprint density at radius 2 is 2.20 bits per heavy atom. The van der Waals surface area contributed by atoms with E-state index in [-0.39, 0.29) is 17.8 Å². The minimum absolute atomic E-state index is 0.0574. The van der Waals surface area contributed by atoms with E-state index in [1.807, 2.05) is 11.8 Å². The fourth-order valence-corrected chi connectivity index (χ4v) is 4.66. The third kappa shape index (κ3) is 2.90. The Balaban J connectivity index is 1.94. The summed E-state index contributed by atoms with van der Waals surface area (Å²) < 4.78 is 0. The number of carbonyl (C=O) groups excluding carboxylic acids is 1. The predicted octanol–water partition coefficient (Wildman–Crippen LogP) is 1.94. The maximum Gasteiger partial charge on any atom is 0.234 e. The number of oxime groups is 1. The minimum atomic E-state index is -0.774. The largest absolute Gasteiger partial charge is 0.409 e. The van der Waals surface area contributed by atoms with Crippen LogP contribution in [0.15, 0.2) is 5.16 Å². The second-order valence-corrected chi connectivity index (χ2v) is 7.72. The highest BCUT2D eigenvalue weighted by molar-refractivity contribution is 7.99. The molecule has 20 heavy (non-hydrogen) atoms. The lowest BCUT2D eigenvalue weighted by atomic mass is 9.61. The van der Waals surface area contributed by atoms with Crippen LogP contribution >= 0.6 is 11.8 Å². The Bertz CT molecular complexity index is 394. The molecule has 0 spiro atoms. The van der Waals surface area contributed by atoms with Gasteiger partial charge in [-0.05, 0) is 43.8 Å². The van der Waals surface area contributed by atoms with E-state index in [4.69, 9.17) is 10.9 Å². The molecule has 4 N–H and O–H groups in total. The molecule has 0 heterocycles. The van der Waals surface area contributed by atoms with Crippen LogP contribution in [-0.4, -0.2) is 34.0 Å². The molecule has 5 nitrogen and oxygen atoms in total. The predicted molar refractivity (Wildman–Crippen MR) is 81.9 cm³/mol. The average Bonchev–Trinajstić information content (AvgIpc) is 2.81. The summed E-state index contributed by atoms with van der Waals surface area (Å²) >= 11 is 1.97. The molecule has 2 atom stereocenters. The number of amidine groups is 1. The highest BCUT2D eigenvalue weighted by Gasteiger charge is 2.52. The van der Waals surface area contributed by atoms with Crippen molar-refractivity contribution < 1.29 is 10.0 Å². The van der Waals surface area contributed by atoms with Crippen molar-refractivity contribution in [3.8, 4) is 0 Å². The van der Waals surface area contributed by atoms with Gasteiger partial charge in [-0.25, -0.2) is 0 Å². The molecule has 0 bridgehead atoms. The first-order valence-corrected chi connectivity index (χ1v) is 8.47. The summed E-state index contributed by atoms with van der Waals surface area (Å²) in [5.74, 6) is 1.58. The monoisotopic (exact) mass is 299 g/mol. The van der Waals surface area contributed by atoms with Crippen molar-refractivity contribution in [1.82, 2.24) is 5.32 Å². The molecule has 1 amide bonds. The van der Waals surface area contributed by atoms with E-state index in [0.717, 1.165) is 25.0 Å². The van der Waals surface area contributed by atoms with E-state index in [9.17, 15) is 4.79 Å². The molecule has 2 saturated carbocycles. The number of rotatable bonds is 5. The van der Waals surface area contributed by atoms with Crippen LogP contribution in [0.1, 0.15) is 46.0 Å². The number of nitrogens with zero attached hydrogens (tertiary/aromatic N) is 1. The van der Waals surface area contributed by atoms with Gasteiger partial charge in [0.2, 0.25) is 5.91 Å². The van der Waals surface area contributed by atoms with Gasteiger partial charge >= 0.3 is 0 Å². The smallest absolute Gasteiger partial charge is 0.234 e. The fourth-order valence-electron chi connectivity index (χ4n) is 3.52. The zero-order chi connectivity index (χ0) is 14.8. The number of thioether (sulfide) groups is 1. The van der Waals surface area contributed by atoms with Crippen molar-refractivity contribution in [2.45, 2.75) is 57.2 Å². The first kappa shape index (κ1) is 15.5. The Morgan fingerprint density at radius 3 is 2.75 bits per heavy atom. The summed E-state index contributed by atoms with van der Waals surface area (Å²) in [6.45, 7) is 4.25. The quantitative estimate of drug-likeness (QED) is 0.313. The second-order valence-electron chi connectivity index (χ2n) is 6.14. The average molecular weight is 299 g/mol. The van der Waals surface area contributed by atoms with Crippen LogP contribution in [0.5, 0.6) is 0 Å². The van der Waals surface area contributed by atoms with Gasteiger partial charge in [-0.2, -0.15) is 11.8 Å². The lowest BCUT2D eigenvalue weighted by Crippen LogP contribution is -2.58. The van der Waals surface area contributed by atoms with Crippen LogP contribution in [-0.2, 0) is 4.79 Å². The van der Waals surface area contributed by atoms with Crippen molar-refractivity contribution >= 4 is 23.5 Å². The van der Waals surface area contributed by atoms with Crippen molar-refractivity contribution in [3.63, 3.8) is 0 Å². The Labute approximate surface area is 124 Å². The maximum atomic E-state index is 12.5. The van der Waals surface area contributed by atoms with Gasteiger partial charge in [0.15, 0.2) is 5.84 Å². The molecular formula is C14H25N3O2S. The number of carbonyl (C=O) groups is 1. The molecular weight excluding hydrogens is 274 g/mol.